The Bertz CT molecular complexity index is 3550. The summed E-state index contributed by atoms with van der Waals surface area (Å²) in [5, 5.41) is 2.21. The standard InChI is InChI=1S/C61H42N2O/c1-61(2)53-23-14-22-49(41-17-8-4-9-18-41)59(53)51-31-29-45(37-54(51)61)40-25-27-42(28-26-40)55-38-56(63-60(62-55)43-19-10-5-11-20-43)48-34-46(39-15-6-3-7-16-39)33-47(35-48)44-30-32-58-52(36-44)50-21-12-13-24-57(50)64-58/h3-38H,1-2H3. The Morgan fingerprint density at radius 3 is 1.62 bits per heavy atom. The lowest BCUT2D eigenvalue weighted by atomic mass is 9.81. The van der Waals surface area contributed by atoms with Crippen molar-refractivity contribution in [2.24, 2.45) is 0 Å². The molecule has 0 aliphatic heterocycles. The van der Waals surface area contributed by atoms with Crippen LogP contribution >= 0.6 is 0 Å². The highest BCUT2D eigenvalue weighted by atomic mass is 16.3. The Morgan fingerprint density at radius 1 is 0.328 bits per heavy atom. The zero-order valence-corrected chi connectivity index (χ0v) is 35.6. The molecule has 9 aromatic carbocycles. The molecule has 302 valence electrons. The number of nitrogens with zero attached hydrogens (tertiary/aromatic N) is 2. The van der Waals surface area contributed by atoms with Crippen LogP contribution in [0.15, 0.2) is 223 Å². The van der Waals surface area contributed by atoms with Gasteiger partial charge in [0, 0.05) is 32.9 Å². The first-order valence-corrected chi connectivity index (χ1v) is 22.0. The molecule has 3 nitrogen and oxygen atoms in total. The zero-order chi connectivity index (χ0) is 42.8. The first-order valence-electron chi connectivity index (χ1n) is 22.0. The van der Waals surface area contributed by atoms with Crippen molar-refractivity contribution in [1.29, 1.82) is 0 Å². The number of aromatic nitrogens is 2. The van der Waals surface area contributed by atoms with Crippen LogP contribution in [0.3, 0.4) is 0 Å². The Morgan fingerprint density at radius 2 is 0.875 bits per heavy atom. The molecule has 12 rings (SSSR count). The molecule has 11 aromatic rings. The number of fused-ring (bicyclic) bond motifs is 6. The highest BCUT2D eigenvalue weighted by Gasteiger charge is 2.37. The normalized spacial score (nSPS) is 12.7. The van der Waals surface area contributed by atoms with Gasteiger partial charge in [0.2, 0.25) is 0 Å². The van der Waals surface area contributed by atoms with Gasteiger partial charge >= 0.3 is 0 Å². The Labute approximate surface area is 373 Å². The smallest absolute Gasteiger partial charge is 0.160 e. The molecule has 1 aliphatic rings. The van der Waals surface area contributed by atoms with Gasteiger partial charge in [-0.15, -0.1) is 0 Å². The van der Waals surface area contributed by atoms with Crippen molar-refractivity contribution in [2.75, 3.05) is 0 Å². The molecule has 1 aliphatic carbocycles. The summed E-state index contributed by atoms with van der Waals surface area (Å²) in [6.45, 7) is 4.71. The third kappa shape index (κ3) is 6.44. The van der Waals surface area contributed by atoms with Gasteiger partial charge in [-0.2, -0.15) is 0 Å². The Kier molecular flexibility index (Phi) is 8.84. The van der Waals surface area contributed by atoms with Crippen molar-refractivity contribution >= 4 is 21.9 Å². The highest BCUT2D eigenvalue weighted by Crippen LogP contribution is 2.53. The summed E-state index contributed by atoms with van der Waals surface area (Å²) in [6, 6.07) is 77.9. The number of benzene rings is 9. The number of hydrogen-bond acceptors (Lipinski definition) is 3. The molecule has 0 amide bonds. The zero-order valence-electron chi connectivity index (χ0n) is 35.6. The molecule has 0 fully saturated rings. The van der Waals surface area contributed by atoms with E-state index in [9.17, 15) is 0 Å². The SMILES string of the molecule is CC1(C)c2cc(-c3ccc(-c4cc(-c5cc(-c6ccccc6)cc(-c6ccc7oc8ccccc8c7c6)c5)nc(-c5ccccc5)n4)cc3)ccc2-c2c(-c3ccccc3)cccc21. The van der Waals surface area contributed by atoms with Crippen molar-refractivity contribution in [3.05, 3.63) is 230 Å². The lowest BCUT2D eigenvalue weighted by Gasteiger charge is -2.22. The number of rotatable bonds is 7. The lowest BCUT2D eigenvalue weighted by Crippen LogP contribution is -2.15. The van der Waals surface area contributed by atoms with Gasteiger partial charge in [-0.05, 0) is 115 Å². The average Bonchev–Trinajstić information content (AvgIpc) is 3.85. The van der Waals surface area contributed by atoms with Crippen LogP contribution in [-0.4, -0.2) is 9.97 Å². The second-order valence-corrected chi connectivity index (χ2v) is 17.4. The summed E-state index contributed by atoms with van der Waals surface area (Å²) in [7, 11) is 0. The van der Waals surface area contributed by atoms with Crippen LogP contribution in [0.5, 0.6) is 0 Å². The topological polar surface area (TPSA) is 38.9 Å². The molecule has 0 atom stereocenters. The van der Waals surface area contributed by atoms with Crippen molar-refractivity contribution < 1.29 is 4.42 Å². The quantitative estimate of drug-likeness (QED) is 0.161. The van der Waals surface area contributed by atoms with Gasteiger partial charge in [0.25, 0.3) is 0 Å². The fourth-order valence-electron chi connectivity index (χ4n) is 9.76. The van der Waals surface area contributed by atoms with Gasteiger partial charge in [0.1, 0.15) is 11.2 Å². The molecule has 0 N–H and O–H groups in total. The summed E-state index contributed by atoms with van der Waals surface area (Å²) in [5.74, 6) is 0.686. The van der Waals surface area contributed by atoms with Crippen LogP contribution in [0.1, 0.15) is 25.0 Å². The molecule has 64 heavy (non-hydrogen) atoms. The van der Waals surface area contributed by atoms with Crippen LogP contribution in [-0.2, 0) is 5.41 Å². The summed E-state index contributed by atoms with van der Waals surface area (Å²) >= 11 is 0. The van der Waals surface area contributed by atoms with E-state index in [1.54, 1.807) is 0 Å². The number of hydrogen-bond donors (Lipinski definition) is 0. The van der Waals surface area contributed by atoms with Gasteiger partial charge < -0.3 is 4.42 Å². The van der Waals surface area contributed by atoms with E-state index in [2.05, 4.69) is 202 Å². The third-order valence-electron chi connectivity index (χ3n) is 13.1. The van der Waals surface area contributed by atoms with E-state index in [4.69, 9.17) is 14.4 Å². The maximum atomic E-state index is 6.21. The molecular weight excluding hydrogens is 777 g/mol. The van der Waals surface area contributed by atoms with E-state index in [1.165, 1.54) is 44.5 Å². The molecule has 0 bridgehead atoms. The van der Waals surface area contributed by atoms with Gasteiger partial charge in [-0.3, -0.25) is 0 Å². The van der Waals surface area contributed by atoms with Crippen molar-refractivity contribution in [2.45, 2.75) is 19.3 Å². The molecule has 2 aromatic heterocycles. The van der Waals surface area contributed by atoms with Crippen molar-refractivity contribution in [3.63, 3.8) is 0 Å². The minimum absolute atomic E-state index is 0.130. The predicted molar refractivity (Wildman–Crippen MR) is 265 cm³/mol. The van der Waals surface area contributed by atoms with Crippen LogP contribution in [0, 0.1) is 0 Å². The van der Waals surface area contributed by atoms with Crippen LogP contribution in [0.25, 0.3) is 111 Å². The van der Waals surface area contributed by atoms with Gasteiger partial charge in [0.15, 0.2) is 5.82 Å². The monoisotopic (exact) mass is 818 g/mol. The summed E-state index contributed by atoms with van der Waals surface area (Å²) < 4.78 is 6.21. The molecule has 0 spiro atoms. The Balaban J connectivity index is 0.954. The van der Waals surface area contributed by atoms with Crippen molar-refractivity contribution in [1.82, 2.24) is 9.97 Å². The fraction of sp³-hybridized carbons (Fsp3) is 0.0492. The summed E-state index contributed by atoms with van der Waals surface area (Å²) in [6.07, 6.45) is 0. The highest BCUT2D eigenvalue weighted by molar-refractivity contribution is 6.06. The van der Waals surface area contributed by atoms with E-state index in [1.807, 2.05) is 30.3 Å². The predicted octanol–water partition coefficient (Wildman–Crippen LogP) is 16.4. The second-order valence-electron chi connectivity index (χ2n) is 17.4. The molecule has 0 unspecified atom stereocenters. The lowest BCUT2D eigenvalue weighted by molar-refractivity contribution is 0.660. The fourth-order valence-corrected chi connectivity index (χ4v) is 9.76. The molecule has 2 heterocycles. The van der Waals surface area contributed by atoms with Crippen LogP contribution < -0.4 is 0 Å². The van der Waals surface area contributed by atoms with E-state index in [-0.39, 0.29) is 5.41 Å². The van der Waals surface area contributed by atoms with Gasteiger partial charge in [-0.25, -0.2) is 9.97 Å². The number of para-hydroxylation sites is 1. The second kappa shape index (κ2) is 15.0. The van der Waals surface area contributed by atoms with E-state index >= 15 is 0 Å². The maximum Gasteiger partial charge on any atom is 0.160 e. The van der Waals surface area contributed by atoms with E-state index in [0.717, 1.165) is 72.3 Å². The molecular formula is C61H42N2O. The Hall–Kier alpha value is -8.14. The molecule has 0 saturated heterocycles. The molecule has 0 radical (unpaired) electrons. The van der Waals surface area contributed by atoms with Gasteiger partial charge in [0.05, 0.1) is 11.4 Å². The van der Waals surface area contributed by atoms with E-state index < -0.39 is 0 Å². The largest absolute Gasteiger partial charge is 0.456 e. The minimum Gasteiger partial charge on any atom is -0.456 e. The summed E-state index contributed by atoms with van der Waals surface area (Å²) in [4.78, 5) is 10.5. The maximum absolute atomic E-state index is 6.21. The third-order valence-corrected chi connectivity index (χ3v) is 13.1. The molecule has 3 heteroatoms. The van der Waals surface area contributed by atoms with Crippen LogP contribution in [0.2, 0.25) is 0 Å². The summed E-state index contributed by atoms with van der Waals surface area (Å²) in [5.41, 5.74) is 21.2. The average molecular weight is 819 g/mol. The first kappa shape index (κ1) is 37.6. The van der Waals surface area contributed by atoms with E-state index in [0.29, 0.717) is 5.82 Å². The minimum atomic E-state index is -0.130. The van der Waals surface area contributed by atoms with Gasteiger partial charge in [-0.1, -0.05) is 184 Å². The first-order chi connectivity index (χ1) is 31.4. The molecule has 0 saturated carbocycles. The number of furan rings is 1. The van der Waals surface area contributed by atoms with Crippen LogP contribution in [0.4, 0.5) is 0 Å². The van der Waals surface area contributed by atoms with Crippen molar-refractivity contribution in [3.8, 4) is 89.5 Å².